The average molecular weight is 240 g/mol. The normalized spacial score (nSPS) is 23.3. The molecule has 0 radical (unpaired) electrons. The Morgan fingerprint density at radius 3 is 1.88 bits per heavy atom. The van der Waals surface area contributed by atoms with E-state index in [0.29, 0.717) is 11.5 Å². The minimum absolute atomic E-state index is 0.270. The number of likely N-dealkylation sites (N-methyl/N-ethyl adjacent to an activating group) is 1. The van der Waals surface area contributed by atoms with Crippen LogP contribution in [0, 0.1) is 5.41 Å². The summed E-state index contributed by atoms with van der Waals surface area (Å²) in [6, 6.07) is 0.694. The van der Waals surface area contributed by atoms with Crippen molar-refractivity contribution in [3.05, 3.63) is 0 Å². The molecule has 1 rings (SSSR count). The van der Waals surface area contributed by atoms with Gasteiger partial charge in [-0.3, -0.25) is 4.90 Å². The van der Waals surface area contributed by atoms with Crippen molar-refractivity contribution < 1.29 is 0 Å². The molecule has 0 aromatic carbocycles. The average Bonchev–Trinajstić information content (AvgIpc) is 2.31. The fraction of sp³-hybridized carbons (Fsp3) is 1.00. The van der Waals surface area contributed by atoms with Gasteiger partial charge in [0.1, 0.15) is 0 Å². The lowest BCUT2D eigenvalue weighted by atomic mass is 9.68. The maximum Gasteiger partial charge on any atom is 0.0332 e. The van der Waals surface area contributed by atoms with Gasteiger partial charge in [-0.1, -0.05) is 27.7 Å². The third-order valence-corrected chi connectivity index (χ3v) is 5.15. The first-order valence-corrected chi connectivity index (χ1v) is 7.34. The smallest absolute Gasteiger partial charge is 0.0332 e. The highest BCUT2D eigenvalue weighted by Crippen LogP contribution is 2.43. The Morgan fingerprint density at radius 2 is 1.53 bits per heavy atom. The molecule has 0 heterocycles. The van der Waals surface area contributed by atoms with Crippen LogP contribution in [0.1, 0.15) is 66.2 Å². The second-order valence-electron chi connectivity index (χ2n) is 6.67. The molecule has 0 atom stereocenters. The molecule has 17 heavy (non-hydrogen) atoms. The highest BCUT2D eigenvalue weighted by Gasteiger charge is 2.41. The van der Waals surface area contributed by atoms with E-state index < -0.39 is 0 Å². The third-order valence-electron chi connectivity index (χ3n) is 5.15. The zero-order valence-electron chi connectivity index (χ0n) is 12.6. The number of rotatable bonds is 5. The Bertz CT molecular complexity index is 221. The van der Waals surface area contributed by atoms with Crippen molar-refractivity contribution in [1.29, 1.82) is 0 Å². The predicted octanol–water partition coefficient (Wildman–Crippen LogP) is 3.40. The molecule has 2 nitrogen and oxygen atoms in total. The molecular weight excluding hydrogens is 208 g/mol. The first-order valence-electron chi connectivity index (χ1n) is 7.34. The van der Waals surface area contributed by atoms with E-state index in [1.54, 1.807) is 0 Å². The van der Waals surface area contributed by atoms with Gasteiger partial charge in [0.15, 0.2) is 0 Å². The monoisotopic (exact) mass is 240 g/mol. The van der Waals surface area contributed by atoms with E-state index in [0.717, 1.165) is 6.54 Å². The van der Waals surface area contributed by atoms with Crippen molar-refractivity contribution in [1.82, 2.24) is 4.90 Å². The molecule has 0 aromatic rings. The molecule has 2 heteroatoms. The highest BCUT2D eigenvalue weighted by atomic mass is 15.2. The van der Waals surface area contributed by atoms with E-state index in [9.17, 15) is 0 Å². The lowest BCUT2D eigenvalue weighted by Gasteiger charge is -2.51. The zero-order valence-corrected chi connectivity index (χ0v) is 12.6. The highest BCUT2D eigenvalue weighted by molar-refractivity contribution is 4.98. The molecule has 0 saturated heterocycles. The summed E-state index contributed by atoms with van der Waals surface area (Å²) in [5.74, 6) is 0. The second kappa shape index (κ2) is 5.71. The lowest BCUT2D eigenvalue weighted by molar-refractivity contribution is 0.0103. The van der Waals surface area contributed by atoms with Gasteiger partial charge >= 0.3 is 0 Å². The Hall–Kier alpha value is -0.0800. The molecule has 0 aliphatic heterocycles. The van der Waals surface area contributed by atoms with Crippen LogP contribution in [0.3, 0.4) is 0 Å². The van der Waals surface area contributed by atoms with Gasteiger partial charge in [0.25, 0.3) is 0 Å². The van der Waals surface area contributed by atoms with E-state index >= 15 is 0 Å². The largest absolute Gasteiger partial charge is 0.329 e. The van der Waals surface area contributed by atoms with Gasteiger partial charge in [0.2, 0.25) is 0 Å². The summed E-state index contributed by atoms with van der Waals surface area (Å²) in [5, 5.41) is 0. The fourth-order valence-corrected chi connectivity index (χ4v) is 3.32. The molecule has 1 fully saturated rings. The van der Waals surface area contributed by atoms with Crippen molar-refractivity contribution in [2.75, 3.05) is 13.6 Å². The van der Waals surface area contributed by atoms with E-state index in [1.165, 1.54) is 38.5 Å². The number of nitrogens with two attached hydrogens (primary N) is 1. The van der Waals surface area contributed by atoms with E-state index in [1.807, 2.05) is 0 Å². The summed E-state index contributed by atoms with van der Waals surface area (Å²) in [4.78, 5) is 2.60. The summed E-state index contributed by atoms with van der Waals surface area (Å²) >= 11 is 0. The number of nitrogens with zero attached hydrogens (tertiary/aromatic N) is 1. The molecule has 0 aromatic heterocycles. The van der Waals surface area contributed by atoms with Crippen molar-refractivity contribution in [3.63, 3.8) is 0 Å². The maximum atomic E-state index is 6.13. The van der Waals surface area contributed by atoms with Gasteiger partial charge in [-0.25, -0.2) is 0 Å². The van der Waals surface area contributed by atoms with Crippen LogP contribution < -0.4 is 5.73 Å². The topological polar surface area (TPSA) is 29.3 Å². The molecular formula is C15H32N2. The summed E-state index contributed by atoms with van der Waals surface area (Å²) in [6.07, 6.45) is 7.63. The van der Waals surface area contributed by atoms with Crippen molar-refractivity contribution in [3.8, 4) is 0 Å². The SMILES string of the molecule is CCC(CC)N(C)C1(CN)CCC(C)(C)CC1. The van der Waals surface area contributed by atoms with Gasteiger partial charge in [-0.15, -0.1) is 0 Å². The summed E-state index contributed by atoms with van der Waals surface area (Å²) in [5.41, 5.74) is 6.92. The third kappa shape index (κ3) is 3.23. The van der Waals surface area contributed by atoms with Crippen molar-refractivity contribution in [2.24, 2.45) is 11.1 Å². The second-order valence-corrected chi connectivity index (χ2v) is 6.67. The summed E-state index contributed by atoms with van der Waals surface area (Å²) in [7, 11) is 2.29. The van der Waals surface area contributed by atoms with E-state index in [4.69, 9.17) is 5.73 Å². The molecule has 1 aliphatic carbocycles. The fourth-order valence-electron chi connectivity index (χ4n) is 3.32. The minimum Gasteiger partial charge on any atom is -0.329 e. The van der Waals surface area contributed by atoms with Gasteiger partial charge in [0.05, 0.1) is 0 Å². The first-order chi connectivity index (χ1) is 7.90. The van der Waals surface area contributed by atoms with Crippen LogP contribution in [0.25, 0.3) is 0 Å². The zero-order chi connectivity index (χ0) is 13.1. The van der Waals surface area contributed by atoms with Crippen LogP contribution in [0.15, 0.2) is 0 Å². The van der Waals surface area contributed by atoms with Crippen LogP contribution in [-0.2, 0) is 0 Å². The molecule has 0 spiro atoms. The first kappa shape index (κ1) is 15.0. The van der Waals surface area contributed by atoms with Gasteiger partial charge in [-0.2, -0.15) is 0 Å². The Labute approximate surface area is 108 Å². The van der Waals surface area contributed by atoms with Gasteiger partial charge in [0, 0.05) is 18.1 Å². The molecule has 2 N–H and O–H groups in total. The van der Waals surface area contributed by atoms with Crippen LogP contribution in [0.2, 0.25) is 0 Å². The number of hydrogen-bond acceptors (Lipinski definition) is 2. The van der Waals surface area contributed by atoms with Gasteiger partial charge in [-0.05, 0) is 51.0 Å². The van der Waals surface area contributed by atoms with Crippen LogP contribution in [0.5, 0.6) is 0 Å². The molecule has 0 bridgehead atoms. The summed E-state index contributed by atoms with van der Waals surface area (Å²) in [6.45, 7) is 10.2. The predicted molar refractivity (Wildman–Crippen MR) is 76.2 cm³/mol. The summed E-state index contributed by atoms with van der Waals surface area (Å²) < 4.78 is 0. The Balaban J connectivity index is 2.76. The van der Waals surface area contributed by atoms with E-state index in [-0.39, 0.29) is 5.54 Å². The van der Waals surface area contributed by atoms with E-state index in [2.05, 4.69) is 39.6 Å². The van der Waals surface area contributed by atoms with Crippen molar-refractivity contribution >= 4 is 0 Å². The van der Waals surface area contributed by atoms with Gasteiger partial charge < -0.3 is 5.73 Å². The van der Waals surface area contributed by atoms with Crippen LogP contribution in [0.4, 0.5) is 0 Å². The molecule has 102 valence electrons. The molecule has 1 saturated carbocycles. The molecule has 1 aliphatic rings. The van der Waals surface area contributed by atoms with Crippen molar-refractivity contribution in [2.45, 2.75) is 77.8 Å². The minimum atomic E-state index is 0.270. The molecule has 0 amide bonds. The van der Waals surface area contributed by atoms with Crippen LogP contribution >= 0.6 is 0 Å². The number of hydrogen-bond donors (Lipinski definition) is 1. The Morgan fingerprint density at radius 1 is 1.06 bits per heavy atom. The lowest BCUT2D eigenvalue weighted by Crippen LogP contribution is -2.58. The van der Waals surface area contributed by atoms with Crippen LogP contribution in [-0.4, -0.2) is 30.1 Å². The molecule has 0 unspecified atom stereocenters. The Kier molecular flexibility index (Phi) is 5.03. The maximum absolute atomic E-state index is 6.13. The quantitative estimate of drug-likeness (QED) is 0.798. The standard InChI is InChI=1S/C15H32N2/c1-6-13(7-2)17(5)15(12-16)10-8-14(3,4)9-11-15/h13H,6-12,16H2,1-5H3.